The van der Waals surface area contributed by atoms with E-state index in [1.54, 1.807) is 10.9 Å². The third kappa shape index (κ3) is 3.29. The Balaban J connectivity index is 1.63. The second-order valence-corrected chi connectivity index (χ2v) is 7.31. The van der Waals surface area contributed by atoms with Crippen molar-refractivity contribution in [1.82, 2.24) is 14.7 Å². The van der Waals surface area contributed by atoms with Crippen molar-refractivity contribution in [3.8, 4) is 0 Å². The molecule has 1 unspecified atom stereocenters. The van der Waals surface area contributed by atoms with Crippen LogP contribution < -0.4 is 5.46 Å². The van der Waals surface area contributed by atoms with Crippen LogP contribution in [0.1, 0.15) is 27.7 Å². The van der Waals surface area contributed by atoms with Gasteiger partial charge in [-0.1, -0.05) is 0 Å². The second kappa shape index (κ2) is 6.05. The van der Waals surface area contributed by atoms with E-state index in [0.717, 1.165) is 5.46 Å². The van der Waals surface area contributed by atoms with Crippen LogP contribution in [0.4, 0.5) is 4.79 Å². The highest BCUT2D eigenvalue weighted by Gasteiger charge is 2.52. The highest BCUT2D eigenvalue weighted by molar-refractivity contribution is 6.61. The van der Waals surface area contributed by atoms with Crippen LogP contribution in [0.15, 0.2) is 12.4 Å². The lowest BCUT2D eigenvalue weighted by Crippen LogP contribution is -2.46. The van der Waals surface area contributed by atoms with E-state index in [0.29, 0.717) is 26.2 Å². The van der Waals surface area contributed by atoms with E-state index in [4.69, 9.17) is 19.2 Å². The summed E-state index contributed by atoms with van der Waals surface area (Å²) >= 11 is 0. The van der Waals surface area contributed by atoms with Crippen LogP contribution in [0.3, 0.4) is 0 Å². The van der Waals surface area contributed by atoms with Crippen molar-refractivity contribution in [1.29, 1.82) is 0 Å². The molecule has 0 spiro atoms. The van der Waals surface area contributed by atoms with Gasteiger partial charge < -0.3 is 24.1 Å². The van der Waals surface area contributed by atoms with Crippen molar-refractivity contribution in [2.75, 3.05) is 19.7 Å². The molecule has 1 atom stereocenters. The molecule has 0 aliphatic carbocycles. The zero-order chi connectivity index (χ0) is 17.5. The molecule has 1 aromatic rings. The minimum absolute atomic E-state index is 0.208. The molecule has 9 heteroatoms. The standard InChI is InChI=1S/C15H24BN3O5/c1-14(2)15(3,4)24-16(23-14)11-7-17-19(8-11)10-12-9-18(13(20)21)5-6-22-12/h7-8,12H,5-6,9-10H2,1-4H3,(H,20,21). The van der Waals surface area contributed by atoms with E-state index in [-0.39, 0.29) is 6.10 Å². The van der Waals surface area contributed by atoms with Gasteiger partial charge in [0.05, 0.1) is 37.0 Å². The molecule has 1 N–H and O–H groups in total. The van der Waals surface area contributed by atoms with E-state index >= 15 is 0 Å². The topological polar surface area (TPSA) is 86.1 Å². The molecular weight excluding hydrogens is 313 g/mol. The van der Waals surface area contributed by atoms with Crippen LogP contribution in [-0.4, -0.2) is 70.0 Å². The van der Waals surface area contributed by atoms with Crippen LogP contribution in [0.25, 0.3) is 0 Å². The van der Waals surface area contributed by atoms with Crippen molar-refractivity contribution in [2.45, 2.75) is 51.5 Å². The molecule has 24 heavy (non-hydrogen) atoms. The van der Waals surface area contributed by atoms with Crippen LogP contribution >= 0.6 is 0 Å². The lowest BCUT2D eigenvalue weighted by molar-refractivity contribution is -0.0307. The van der Waals surface area contributed by atoms with E-state index < -0.39 is 24.4 Å². The van der Waals surface area contributed by atoms with Gasteiger partial charge in [-0.2, -0.15) is 5.10 Å². The number of carbonyl (C=O) groups is 1. The normalized spacial score (nSPS) is 25.9. The van der Waals surface area contributed by atoms with Gasteiger partial charge in [-0.3, -0.25) is 4.68 Å². The summed E-state index contributed by atoms with van der Waals surface area (Å²) in [6.07, 6.45) is 2.47. The predicted molar refractivity (Wildman–Crippen MR) is 87.3 cm³/mol. The van der Waals surface area contributed by atoms with Gasteiger partial charge >= 0.3 is 13.2 Å². The summed E-state index contributed by atoms with van der Waals surface area (Å²) < 4.78 is 19.4. The number of hydrogen-bond donors (Lipinski definition) is 1. The smallest absolute Gasteiger partial charge is 0.465 e. The first kappa shape index (κ1) is 17.3. The molecule has 2 saturated heterocycles. The molecule has 0 bridgehead atoms. The predicted octanol–water partition coefficient (Wildman–Crippen LogP) is 0.561. The SMILES string of the molecule is CC1(C)OB(c2cnn(CC3CN(C(=O)O)CCO3)c2)OC1(C)C. The first-order valence-corrected chi connectivity index (χ1v) is 8.15. The van der Waals surface area contributed by atoms with Crippen molar-refractivity contribution in [3.05, 3.63) is 12.4 Å². The molecular formula is C15H24BN3O5. The Bertz CT molecular complexity index is 602. The summed E-state index contributed by atoms with van der Waals surface area (Å²) in [5, 5.41) is 13.4. The fourth-order valence-corrected chi connectivity index (χ4v) is 2.79. The highest BCUT2D eigenvalue weighted by atomic mass is 16.7. The van der Waals surface area contributed by atoms with E-state index in [1.807, 2.05) is 33.9 Å². The fourth-order valence-electron chi connectivity index (χ4n) is 2.79. The maximum atomic E-state index is 11.1. The van der Waals surface area contributed by atoms with Gasteiger partial charge in [0, 0.05) is 24.4 Å². The molecule has 3 rings (SSSR count). The molecule has 1 amide bonds. The second-order valence-electron chi connectivity index (χ2n) is 7.31. The maximum absolute atomic E-state index is 11.1. The fraction of sp³-hybridized carbons (Fsp3) is 0.733. The number of ether oxygens (including phenoxy) is 1. The lowest BCUT2D eigenvalue weighted by atomic mass is 9.82. The molecule has 2 fully saturated rings. The van der Waals surface area contributed by atoms with Crippen molar-refractivity contribution >= 4 is 18.7 Å². The Kier molecular flexibility index (Phi) is 4.35. The zero-order valence-corrected chi connectivity index (χ0v) is 14.6. The molecule has 0 saturated carbocycles. The number of aromatic nitrogens is 2. The summed E-state index contributed by atoms with van der Waals surface area (Å²) in [7, 11) is -0.452. The molecule has 3 heterocycles. The average molecular weight is 337 g/mol. The summed E-state index contributed by atoms with van der Waals surface area (Å²) in [4.78, 5) is 12.4. The van der Waals surface area contributed by atoms with Crippen molar-refractivity contribution in [3.63, 3.8) is 0 Å². The van der Waals surface area contributed by atoms with Crippen LogP contribution in [-0.2, 0) is 20.6 Å². The Morgan fingerprint density at radius 2 is 2.04 bits per heavy atom. The molecule has 8 nitrogen and oxygen atoms in total. The molecule has 0 radical (unpaired) electrons. The Morgan fingerprint density at radius 1 is 1.38 bits per heavy atom. The minimum atomic E-state index is -0.915. The number of hydrogen-bond acceptors (Lipinski definition) is 5. The van der Waals surface area contributed by atoms with Gasteiger partial charge in [0.1, 0.15) is 0 Å². The molecule has 2 aliphatic rings. The van der Waals surface area contributed by atoms with Gasteiger partial charge in [-0.15, -0.1) is 0 Å². The van der Waals surface area contributed by atoms with Gasteiger partial charge in [0.2, 0.25) is 0 Å². The van der Waals surface area contributed by atoms with Crippen LogP contribution in [0, 0.1) is 0 Å². The van der Waals surface area contributed by atoms with Crippen LogP contribution in [0.5, 0.6) is 0 Å². The van der Waals surface area contributed by atoms with Gasteiger partial charge in [0.15, 0.2) is 0 Å². The lowest BCUT2D eigenvalue weighted by Gasteiger charge is -2.32. The Labute approximate surface area is 141 Å². The third-order valence-electron chi connectivity index (χ3n) is 4.98. The van der Waals surface area contributed by atoms with Crippen LogP contribution in [0.2, 0.25) is 0 Å². The maximum Gasteiger partial charge on any atom is 0.498 e. The van der Waals surface area contributed by atoms with E-state index in [2.05, 4.69) is 5.10 Å². The highest BCUT2D eigenvalue weighted by Crippen LogP contribution is 2.36. The first-order valence-electron chi connectivity index (χ1n) is 8.15. The zero-order valence-electron chi connectivity index (χ0n) is 14.6. The summed E-state index contributed by atoms with van der Waals surface area (Å²) in [5.74, 6) is 0. The van der Waals surface area contributed by atoms with Gasteiger partial charge in [0.25, 0.3) is 0 Å². The third-order valence-corrected chi connectivity index (χ3v) is 4.98. The Hall–Kier alpha value is -1.58. The average Bonchev–Trinajstić information content (AvgIpc) is 3.02. The minimum Gasteiger partial charge on any atom is -0.465 e. The number of morpholine rings is 1. The molecule has 0 aromatic carbocycles. The summed E-state index contributed by atoms with van der Waals surface area (Å²) in [5.41, 5.74) is 0.0576. The van der Waals surface area contributed by atoms with E-state index in [9.17, 15) is 4.79 Å². The number of rotatable bonds is 3. The summed E-state index contributed by atoms with van der Waals surface area (Å²) in [6, 6.07) is 0. The largest absolute Gasteiger partial charge is 0.498 e. The Morgan fingerprint density at radius 3 is 2.67 bits per heavy atom. The molecule has 2 aliphatic heterocycles. The number of carboxylic acid groups (broad SMARTS) is 1. The van der Waals surface area contributed by atoms with E-state index in [1.165, 1.54) is 4.90 Å². The first-order chi connectivity index (χ1) is 11.2. The number of amides is 1. The van der Waals surface area contributed by atoms with Gasteiger partial charge in [-0.25, -0.2) is 4.79 Å². The summed E-state index contributed by atoms with van der Waals surface area (Å²) in [6.45, 7) is 9.68. The quantitative estimate of drug-likeness (QED) is 0.812. The molecule has 132 valence electrons. The molecule has 1 aromatic heterocycles. The van der Waals surface area contributed by atoms with Crippen molar-refractivity contribution < 1.29 is 23.9 Å². The number of nitrogens with zero attached hydrogens (tertiary/aromatic N) is 3. The van der Waals surface area contributed by atoms with Crippen molar-refractivity contribution in [2.24, 2.45) is 0 Å². The van der Waals surface area contributed by atoms with Gasteiger partial charge in [-0.05, 0) is 27.7 Å². The monoisotopic (exact) mass is 337 g/mol.